The van der Waals surface area contributed by atoms with Crippen LogP contribution in [-0.2, 0) is 4.43 Å². The Morgan fingerprint density at radius 2 is 1.56 bits per heavy atom. The van der Waals surface area contributed by atoms with Gasteiger partial charge < -0.3 is 14.3 Å². The highest BCUT2D eigenvalue weighted by molar-refractivity contribution is 6.80. The first-order valence-electron chi connectivity index (χ1n) is 12.0. The summed E-state index contributed by atoms with van der Waals surface area (Å²) in [6.07, 6.45) is 2.00. The molecule has 3 aromatic rings. The second-order valence-corrected chi connectivity index (χ2v) is 12.7. The molecule has 0 heterocycles. The first kappa shape index (κ1) is 24.2. The summed E-state index contributed by atoms with van der Waals surface area (Å²) in [7, 11) is -2.08. The quantitative estimate of drug-likeness (QED) is 0.349. The van der Waals surface area contributed by atoms with Gasteiger partial charge in [-0.3, -0.25) is 4.79 Å². The van der Waals surface area contributed by atoms with Gasteiger partial charge >= 0.3 is 0 Å². The van der Waals surface area contributed by atoms with Crippen LogP contribution in [0, 0.1) is 11.3 Å². The molecule has 34 heavy (non-hydrogen) atoms. The van der Waals surface area contributed by atoms with Crippen LogP contribution in [0.4, 0.5) is 0 Å². The molecule has 1 fully saturated rings. The maximum absolute atomic E-state index is 12.3. The SMILES string of the molecule is CC(=O)c1cc(C(O[SiH](c2ccccc2)c2ccccc2)C(C)(C)C)c(OCC2CC2)cc1O. The molecular formula is C29H34O4Si. The van der Waals surface area contributed by atoms with Crippen LogP contribution in [0.15, 0.2) is 72.8 Å². The Labute approximate surface area is 204 Å². The number of phenols is 1. The number of ether oxygens (including phenoxy) is 1. The maximum Gasteiger partial charge on any atom is 0.240 e. The van der Waals surface area contributed by atoms with E-state index < -0.39 is 9.04 Å². The second kappa shape index (κ2) is 10.2. The van der Waals surface area contributed by atoms with Gasteiger partial charge in [0.1, 0.15) is 11.5 Å². The molecule has 0 amide bonds. The Morgan fingerprint density at radius 1 is 1.00 bits per heavy atom. The standard InChI is InChI=1S/C29H34O4Si/c1-20(30)24-17-25(27(18-26(24)31)32-19-21-15-16-21)28(29(2,3)4)33-34(22-11-7-5-8-12-22)23-13-9-6-10-14-23/h5-14,17-18,21,28,31,34H,15-16,19H2,1-4H3. The Morgan fingerprint density at radius 3 is 2.03 bits per heavy atom. The first-order chi connectivity index (χ1) is 16.2. The van der Waals surface area contributed by atoms with Crippen molar-refractivity contribution in [1.82, 2.24) is 0 Å². The minimum absolute atomic E-state index is 0.0466. The summed E-state index contributed by atoms with van der Waals surface area (Å²) in [6, 6.07) is 24.1. The van der Waals surface area contributed by atoms with Gasteiger partial charge in [0.25, 0.3) is 0 Å². The van der Waals surface area contributed by atoms with Crippen molar-refractivity contribution < 1.29 is 19.1 Å². The molecule has 0 radical (unpaired) electrons. The lowest BCUT2D eigenvalue weighted by atomic mass is 9.83. The molecule has 4 rings (SSSR count). The van der Waals surface area contributed by atoms with Crippen molar-refractivity contribution in [1.29, 1.82) is 0 Å². The fraction of sp³-hybridized carbons (Fsp3) is 0.345. The number of carbonyl (C=O) groups is 1. The van der Waals surface area contributed by atoms with Gasteiger partial charge in [-0.25, -0.2) is 0 Å². The first-order valence-corrected chi connectivity index (χ1v) is 13.6. The average molecular weight is 475 g/mol. The normalized spacial score (nSPS) is 14.7. The lowest BCUT2D eigenvalue weighted by Crippen LogP contribution is -2.47. The van der Waals surface area contributed by atoms with Crippen LogP contribution in [-0.4, -0.2) is 26.5 Å². The summed E-state index contributed by atoms with van der Waals surface area (Å²) >= 11 is 0. The van der Waals surface area contributed by atoms with E-state index in [2.05, 4.69) is 45.0 Å². The number of aromatic hydroxyl groups is 1. The molecule has 1 aliphatic rings. The number of benzene rings is 3. The molecule has 1 unspecified atom stereocenters. The molecule has 178 valence electrons. The van der Waals surface area contributed by atoms with Crippen LogP contribution in [0.25, 0.3) is 0 Å². The zero-order valence-electron chi connectivity index (χ0n) is 20.5. The molecule has 0 bridgehead atoms. The van der Waals surface area contributed by atoms with Gasteiger partial charge in [-0.15, -0.1) is 0 Å². The number of hydrogen-bond donors (Lipinski definition) is 1. The minimum Gasteiger partial charge on any atom is -0.507 e. The van der Waals surface area contributed by atoms with Crippen molar-refractivity contribution in [3.63, 3.8) is 0 Å². The van der Waals surface area contributed by atoms with Gasteiger partial charge in [-0.2, -0.15) is 0 Å². The van der Waals surface area contributed by atoms with E-state index in [0.717, 1.165) is 5.56 Å². The molecule has 0 spiro atoms. The third kappa shape index (κ3) is 5.77. The van der Waals surface area contributed by atoms with E-state index in [9.17, 15) is 9.90 Å². The second-order valence-electron chi connectivity index (χ2n) is 10.3. The predicted octanol–water partition coefficient (Wildman–Crippen LogP) is 5.03. The predicted molar refractivity (Wildman–Crippen MR) is 139 cm³/mol. The summed E-state index contributed by atoms with van der Waals surface area (Å²) in [4.78, 5) is 12.3. The highest BCUT2D eigenvalue weighted by Gasteiger charge is 2.35. The van der Waals surface area contributed by atoms with E-state index in [0.29, 0.717) is 23.8 Å². The average Bonchev–Trinajstić information content (AvgIpc) is 3.63. The maximum atomic E-state index is 12.3. The third-order valence-corrected chi connectivity index (χ3v) is 8.75. The zero-order valence-corrected chi connectivity index (χ0v) is 21.6. The summed E-state index contributed by atoms with van der Waals surface area (Å²) in [5.41, 5.74) is 0.835. The fourth-order valence-electron chi connectivity index (χ4n) is 4.18. The largest absolute Gasteiger partial charge is 0.507 e. The van der Waals surface area contributed by atoms with E-state index in [1.54, 1.807) is 12.1 Å². The van der Waals surface area contributed by atoms with Crippen LogP contribution in [0.2, 0.25) is 0 Å². The van der Waals surface area contributed by atoms with Crippen LogP contribution in [0.3, 0.4) is 0 Å². The van der Waals surface area contributed by atoms with E-state index in [-0.39, 0.29) is 23.1 Å². The molecule has 1 N–H and O–H groups in total. The molecule has 5 heteroatoms. The number of hydrogen-bond acceptors (Lipinski definition) is 4. The number of Topliss-reactive ketones (excluding diaryl/α,β-unsaturated/α-hetero) is 1. The number of ketones is 1. The Bertz CT molecular complexity index is 1080. The molecule has 0 saturated heterocycles. The van der Waals surface area contributed by atoms with E-state index >= 15 is 0 Å². The molecule has 1 atom stereocenters. The Hall–Kier alpha value is -2.89. The van der Waals surface area contributed by atoms with Gasteiger partial charge in [0.05, 0.1) is 18.3 Å². The molecule has 0 aromatic heterocycles. The summed E-state index contributed by atoms with van der Waals surface area (Å²) in [5.74, 6) is 0.935. The monoisotopic (exact) mass is 474 g/mol. The molecular weight excluding hydrogens is 440 g/mol. The molecule has 3 aromatic carbocycles. The zero-order chi connectivity index (χ0) is 24.3. The van der Waals surface area contributed by atoms with Gasteiger partial charge in [0, 0.05) is 11.6 Å². The van der Waals surface area contributed by atoms with Crippen LogP contribution >= 0.6 is 0 Å². The van der Waals surface area contributed by atoms with E-state index in [4.69, 9.17) is 9.16 Å². The van der Waals surface area contributed by atoms with E-state index in [1.807, 2.05) is 36.4 Å². The number of phenolic OH excluding ortho intramolecular Hbond substituents is 1. The van der Waals surface area contributed by atoms with Crippen molar-refractivity contribution in [2.75, 3.05) is 6.61 Å². The van der Waals surface area contributed by atoms with Crippen molar-refractivity contribution in [2.24, 2.45) is 11.3 Å². The third-order valence-electron chi connectivity index (χ3n) is 6.22. The van der Waals surface area contributed by atoms with Gasteiger partial charge in [0.15, 0.2) is 5.78 Å². The van der Waals surface area contributed by atoms with Crippen LogP contribution in [0.5, 0.6) is 11.5 Å². The summed E-state index contributed by atoms with van der Waals surface area (Å²) in [6.45, 7) is 8.52. The van der Waals surface area contributed by atoms with E-state index in [1.165, 1.54) is 30.1 Å². The topological polar surface area (TPSA) is 55.8 Å². The Kier molecular flexibility index (Phi) is 7.24. The van der Waals surface area contributed by atoms with Gasteiger partial charge in [-0.05, 0) is 47.5 Å². The van der Waals surface area contributed by atoms with Gasteiger partial charge in [-0.1, -0.05) is 81.4 Å². The molecule has 1 saturated carbocycles. The number of rotatable bonds is 9. The molecule has 0 aliphatic heterocycles. The summed E-state index contributed by atoms with van der Waals surface area (Å²) in [5, 5.41) is 12.9. The van der Waals surface area contributed by atoms with Crippen molar-refractivity contribution in [3.8, 4) is 11.5 Å². The Balaban J connectivity index is 1.80. The van der Waals surface area contributed by atoms with Crippen molar-refractivity contribution in [3.05, 3.63) is 83.9 Å². The highest BCUT2D eigenvalue weighted by atomic mass is 28.3. The van der Waals surface area contributed by atoms with Crippen molar-refractivity contribution >= 4 is 25.2 Å². The highest BCUT2D eigenvalue weighted by Crippen LogP contribution is 2.44. The van der Waals surface area contributed by atoms with Crippen LogP contribution < -0.4 is 15.1 Å². The van der Waals surface area contributed by atoms with Crippen LogP contribution in [0.1, 0.15) is 62.6 Å². The number of carbonyl (C=O) groups excluding carboxylic acids is 1. The molecule has 1 aliphatic carbocycles. The molecule has 4 nitrogen and oxygen atoms in total. The minimum atomic E-state index is -2.08. The van der Waals surface area contributed by atoms with Crippen molar-refractivity contribution in [2.45, 2.75) is 46.6 Å². The lowest BCUT2D eigenvalue weighted by Gasteiger charge is -2.36. The lowest BCUT2D eigenvalue weighted by molar-refractivity contribution is 0.0856. The fourth-order valence-corrected chi connectivity index (χ4v) is 6.84. The summed E-state index contributed by atoms with van der Waals surface area (Å²) < 4.78 is 13.3. The smallest absolute Gasteiger partial charge is 0.240 e. The van der Waals surface area contributed by atoms with Gasteiger partial charge in [0.2, 0.25) is 9.04 Å².